The molecule has 1 aliphatic rings. The maximum absolute atomic E-state index is 12.5. The molecular weight excluding hydrogens is 448 g/mol. The molecule has 0 radical (unpaired) electrons. The molecule has 1 atom stereocenters. The zero-order chi connectivity index (χ0) is 21.0. The standard InChI is InChI=1S/C19H17BrN2O7/c1-2-27-18(25)15-12(21-19(26)22-16(15)14-4-3-7-28-14)9-29-17(24)11-8-10(20)5-6-13(11)23/h3-8,16,23H,2,9H2,1H3,(H2,21,22,26). The maximum Gasteiger partial charge on any atom is 0.342 e. The Morgan fingerprint density at radius 3 is 2.72 bits per heavy atom. The number of halogens is 1. The number of hydrogen-bond acceptors (Lipinski definition) is 7. The molecule has 0 bridgehead atoms. The molecule has 0 saturated heterocycles. The van der Waals surface area contributed by atoms with Crippen molar-refractivity contribution in [3.8, 4) is 5.75 Å². The lowest BCUT2D eigenvalue weighted by molar-refractivity contribution is -0.139. The lowest BCUT2D eigenvalue weighted by atomic mass is 10.0. The van der Waals surface area contributed by atoms with Gasteiger partial charge in [-0.3, -0.25) is 0 Å². The number of carbonyl (C=O) groups is 3. The van der Waals surface area contributed by atoms with Crippen LogP contribution in [-0.2, 0) is 14.3 Å². The van der Waals surface area contributed by atoms with Crippen molar-refractivity contribution in [3.05, 3.63) is 63.7 Å². The molecule has 0 saturated carbocycles. The van der Waals surface area contributed by atoms with Crippen molar-refractivity contribution in [1.82, 2.24) is 10.6 Å². The van der Waals surface area contributed by atoms with Gasteiger partial charge in [-0.15, -0.1) is 0 Å². The number of nitrogens with one attached hydrogen (secondary N) is 2. The van der Waals surface area contributed by atoms with E-state index in [2.05, 4.69) is 26.6 Å². The minimum atomic E-state index is -0.911. The molecule has 3 N–H and O–H groups in total. The van der Waals surface area contributed by atoms with E-state index in [-0.39, 0.29) is 29.2 Å². The van der Waals surface area contributed by atoms with Gasteiger partial charge in [0.15, 0.2) is 0 Å². The van der Waals surface area contributed by atoms with Crippen LogP contribution in [0, 0.1) is 0 Å². The highest BCUT2D eigenvalue weighted by molar-refractivity contribution is 9.10. The first-order valence-electron chi connectivity index (χ1n) is 8.57. The van der Waals surface area contributed by atoms with E-state index in [0.717, 1.165) is 0 Å². The Bertz CT molecular complexity index is 969. The van der Waals surface area contributed by atoms with Gasteiger partial charge >= 0.3 is 18.0 Å². The number of hydrogen-bond donors (Lipinski definition) is 3. The minimum absolute atomic E-state index is 0.0488. The van der Waals surface area contributed by atoms with Gasteiger partial charge in [-0.05, 0) is 37.3 Å². The molecule has 1 unspecified atom stereocenters. The molecule has 0 spiro atoms. The third-order valence-electron chi connectivity index (χ3n) is 4.00. The molecule has 2 heterocycles. The van der Waals surface area contributed by atoms with Gasteiger partial charge < -0.3 is 29.6 Å². The summed E-state index contributed by atoms with van der Waals surface area (Å²) in [6.45, 7) is 1.33. The van der Waals surface area contributed by atoms with Gasteiger partial charge in [0.2, 0.25) is 0 Å². The van der Waals surface area contributed by atoms with E-state index in [1.807, 2.05) is 0 Å². The van der Waals surface area contributed by atoms with E-state index in [0.29, 0.717) is 10.2 Å². The van der Waals surface area contributed by atoms with Crippen LogP contribution >= 0.6 is 15.9 Å². The van der Waals surface area contributed by atoms with Gasteiger partial charge in [0.25, 0.3) is 0 Å². The third kappa shape index (κ3) is 4.60. The monoisotopic (exact) mass is 464 g/mol. The molecular formula is C19H17BrN2O7. The van der Waals surface area contributed by atoms with Crippen LogP contribution in [0.1, 0.15) is 29.1 Å². The van der Waals surface area contributed by atoms with E-state index in [9.17, 15) is 19.5 Å². The number of esters is 2. The zero-order valence-electron chi connectivity index (χ0n) is 15.2. The lowest BCUT2D eigenvalue weighted by Gasteiger charge is -2.27. The normalized spacial score (nSPS) is 16.1. The molecule has 29 heavy (non-hydrogen) atoms. The minimum Gasteiger partial charge on any atom is -0.507 e. The Morgan fingerprint density at radius 1 is 1.24 bits per heavy atom. The number of aromatic hydroxyl groups is 1. The molecule has 0 aliphatic carbocycles. The van der Waals surface area contributed by atoms with Crippen molar-refractivity contribution in [1.29, 1.82) is 0 Å². The lowest BCUT2D eigenvalue weighted by Crippen LogP contribution is -2.47. The van der Waals surface area contributed by atoms with Crippen molar-refractivity contribution >= 4 is 33.9 Å². The maximum atomic E-state index is 12.5. The second-order valence-electron chi connectivity index (χ2n) is 5.90. The van der Waals surface area contributed by atoms with Crippen LogP contribution in [0.5, 0.6) is 5.75 Å². The van der Waals surface area contributed by atoms with E-state index in [4.69, 9.17) is 13.9 Å². The largest absolute Gasteiger partial charge is 0.507 e. The topological polar surface area (TPSA) is 127 Å². The number of furan rings is 1. The molecule has 10 heteroatoms. The van der Waals surface area contributed by atoms with E-state index in [1.54, 1.807) is 25.1 Å². The Labute approximate surface area is 173 Å². The predicted molar refractivity (Wildman–Crippen MR) is 103 cm³/mol. The van der Waals surface area contributed by atoms with Crippen LogP contribution in [0.2, 0.25) is 0 Å². The fourth-order valence-corrected chi connectivity index (χ4v) is 3.10. The van der Waals surface area contributed by atoms with E-state index in [1.165, 1.54) is 18.4 Å². The summed E-state index contributed by atoms with van der Waals surface area (Å²) in [5.41, 5.74) is 0.0320. The Balaban J connectivity index is 1.90. The second-order valence-corrected chi connectivity index (χ2v) is 6.81. The first-order valence-corrected chi connectivity index (χ1v) is 9.36. The third-order valence-corrected chi connectivity index (χ3v) is 4.50. The first kappa shape index (κ1) is 20.5. The average Bonchev–Trinajstić information content (AvgIpc) is 3.22. The SMILES string of the molecule is CCOC(=O)C1=C(COC(=O)c2cc(Br)ccc2O)NC(=O)NC1c1ccco1. The van der Waals surface area contributed by atoms with Crippen molar-refractivity contribution < 1.29 is 33.4 Å². The van der Waals surface area contributed by atoms with Crippen LogP contribution in [0.3, 0.4) is 0 Å². The molecule has 1 aromatic carbocycles. The Morgan fingerprint density at radius 2 is 2.03 bits per heavy atom. The average molecular weight is 465 g/mol. The molecule has 0 fully saturated rings. The van der Waals surface area contributed by atoms with Crippen LogP contribution in [0.15, 0.2) is 56.8 Å². The van der Waals surface area contributed by atoms with Gasteiger partial charge in [-0.2, -0.15) is 0 Å². The molecule has 2 amide bonds. The summed E-state index contributed by atoms with van der Waals surface area (Å²) in [6, 6.07) is 5.99. The number of rotatable bonds is 6. The van der Waals surface area contributed by atoms with Crippen molar-refractivity contribution in [2.75, 3.05) is 13.2 Å². The number of benzene rings is 1. The molecule has 2 aromatic rings. The van der Waals surface area contributed by atoms with Crippen molar-refractivity contribution in [2.24, 2.45) is 0 Å². The highest BCUT2D eigenvalue weighted by atomic mass is 79.9. The fourth-order valence-electron chi connectivity index (χ4n) is 2.74. The number of carbonyl (C=O) groups excluding carboxylic acids is 3. The van der Waals surface area contributed by atoms with Crippen LogP contribution < -0.4 is 10.6 Å². The molecule has 1 aliphatic heterocycles. The van der Waals surface area contributed by atoms with Gasteiger partial charge in [-0.1, -0.05) is 15.9 Å². The summed E-state index contributed by atoms with van der Waals surface area (Å²) in [4.78, 5) is 37.0. The van der Waals surface area contributed by atoms with Gasteiger partial charge in [0.1, 0.15) is 29.7 Å². The molecule has 152 valence electrons. The van der Waals surface area contributed by atoms with Crippen molar-refractivity contribution in [2.45, 2.75) is 13.0 Å². The van der Waals surface area contributed by atoms with E-state index < -0.39 is 30.6 Å². The summed E-state index contributed by atoms with van der Waals surface area (Å²) in [6.07, 6.45) is 1.40. The number of urea groups is 1. The van der Waals surface area contributed by atoms with Gasteiger partial charge in [-0.25, -0.2) is 14.4 Å². The summed E-state index contributed by atoms with van der Waals surface area (Å²) < 4.78 is 16.2. The van der Waals surface area contributed by atoms with E-state index >= 15 is 0 Å². The fraction of sp³-hybridized carbons (Fsp3) is 0.211. The summed E-state index contributed by atoms with van der Waals surface area (Å²) >= 11 is 3.21. The highest BCUT2D eigenvalue weighted by Crippen LogP contribution is 2.29. The Kier molecular flexibility index (Phi) is 6.23. The van der Waals surface area contributed by atoms with Gasteiger partial charge in [0, 0.05) is 4.47 Å². The summed E-state index contributed by atoms with van der Waals surface area (Å²) in [7, 11) is 0. The number of amides is 2. The number of phenolic OH excluding ortho intramolecular Hbond substituents is 1. The number of ether oxygens (including phenoxy) is 2. The Hall–Kier alpha value is -3.27. The van der Waals surface area contributed by atoms with Crippen LogP contribution in [-0.4, -0.2) is 36.3 Å². The van der Waals surface area contributed by atoms with Crippen molar-refractivity contribution in [3.63, 3.8) is 0 Å². The number of phenols is 1. The molecule has 9 nitrogen and oxygen atoms in total. The van der Waals surface area contributed by atoms with Crippen LogP contribution in [0.4, 0.5) is 4.79 Å². The summed E-state index contributed by atoms with van der Waals surface area (Å²) in [5.74, 6) is -1.48. The molecule has 1 aromatic heterocycles. The second kappa shape index (κ2) is 8.82. The molecule has 3 rings (SSSR count). The zero-order valence-corrected chi connectivity index (χ0v) is 16.8. The smallest absolute Gasteiger partial charge is 0.342 e. The summed E-state index contributed by atoms with van der Waals surface area (Å²) in [5, 5.41) is 14.9. The quantitative estimate of drug-likeness (QED) is 0.560. The van der Waals surface area contributed by atoms with Crippen LogP contribution in [0.25, 0.3) is 0 Å². The van der Waals surface area contributed by atoms with Gasteiger partial charge in [0.05, 0.1) is 24.1 Å². The first-order chi connectivity index (χ1) is 13.9. The highest BCUT2D eigenvalue weighted by Gasteiger charge is 2.35. The predicted octanol–water partition coefficient (Wildman–Crippen LogP) is 2.78.